The summed E-state index contributed by atoms with van der Waals surface area (Å²) in [6.45, 7) is 2.07. The first-order valence-corrected chi connectivity index (χ1v) is 10.3. The van der Waals surface area contributed by atoms with Crippen molar-refractivity contribution >= 4 is 11.7 Å². The average Bonchev–Trinajstić information content (AvgIpc) is 3.52. The lowest BCUT2D eigenvalue weighted by Crippen LogP contribution is -2.20. The van der Waals surface area contributed by atoms with Gasteiger partial charge in [0, 0.05) is 5.56 Å². The van der Waals surface area contributed by atoms with Gasteiger partial charge in [-0.1, -0.05) is 19.1 Å². The molecule has 1 saturated carbocycles. The number of nitrogens with two attached hydrogens (primary N) is 1. The predicted octanol–water partition coefficient (Wildman–Crippen LogP) is 6.20. The van der Waals surface area contributed by atoms with Crippen molar-refractivity contribution in [2.24, 2.45) is 11.8 Å². The number of halogens is 6. The summed E-state index contributed by atoms with van der Waals surface area (Å²) >= 11 is 0. The molecule has 3 rings (SSSR count). The van der Waals surface area contributed by atoms with Gasteiger partial charge in [-0.2, -0.15) is 26.3 Å². The number of hydrogen-bond acceptors (Lipinski definition) is 4. The van der Waals surface area contributed by atoms with Crippen molar-refractivity contribution in [3.05, 3.63) is 47.5 Å². The van der Waals surface area contributed by atoms with E-state index in [1.54, 1.807) is 19.9 Å². The summed E-state index contributed by atoms with van der Waals surface area (Å²) in [6, 6.07) is 7.19. The van der Waals surface area contributed by atoms with Crippen LogP contribution in [0.3, 0.4) is 0 Å². The third-order valence-corrected chi connectivity index (χ3v) is 5.65. The van der Waals surface area contributed by atoms with Gasteiger partial charge in [0.15, 0.2) is 6.61 Å². The molecule has 0 radical (unpaired) electrons. The molecule has 0 heterocycles. The zero-order valence-electron chi connectivity index (χ0n) is 17.9. The molecule has 1 fully saturated rings. The van der Waals surface area contributed by atoms with E-state index >= 15 is 0 Å². The molecular weight excluding hydrogens is 452 g/mol. The lowest BCUT2D eigenvalue weighted by molar-refractivity contribution is -0.153. The highest BCUT2D eigenvalue weighted by molar-refractivity contribution is 5.82. The monoisotopic (exact) mass is 475 g/mol. The number of esters is 1. The summed E-state index contributed by atoms with van der Waals surface area (Å²) in [4.78, 5) is 12.1. The fourth-order valence-electron chi connectivity index (χ4n) is 3.82. The number of ether oxygens (including phenoxy) is 2. The minimum Gasteiger partial charge on any atom is -0.482 e. The SMILES string of the molecule is CCOC(=O)C(C)C1CC1c1cc(OCC(F)(F)F)c(N)c(-c2ccc(C(F)(F)F)cc2)c1. The molecule has 1 aliphatic carbocycles. The summed E-state index contributed by atoms with van der Waals surface area (Å²) < 4.78 is 86.9. The quantitative estimate of drug-likeness (QED) is 0.294. The van der Waals surface area contributed by atoms with E-state index in [0.29, 0.717) is 17.5 Å². The molecule has 0 saturated heterocycles. The van der Waals surface area contributed by atoms with Crippen LogP contribution in [0, 0.1) is 11.8 Å². The van der Waals surface area contributed by atoms with E-state index in [4.69, 9.17) is 15.2 Å². The molecule has 3 unspecified atom stereocenters. The van der Waals surface area contributed by atoms with Crippen LogP contribution < -0.4 is 10.5 Å². The Bertz CT molecular complexity index is 1000. The van der Waals surface area contributed by atoms with Gasteiger partial charge in [-0.15, -0.1) is 0 Å². The van der Waals surface area contributed by atoms with Crippen molar-refractivity contribution in [2.45, 2.75) is 38.5 Å². The lowest BCUT2D eigenvalue weighted by Gasteiger charge is -2.17. The van der Waals surface area contributed by atoms with Crippen molar-refractivity contribution in [1.29, 1.82) is 0 Å². The Kier molecular flexibility index (Phi) is 6.85. The van der Waals surface area contributed by atoms with E-state index in [9.17, 15) is 31.1 Å². The van der Waals surface area contributed by atoms with Crippen LogP contribution in [0.1, 0.15) is 37.3 Å². The van der Waals surface area contributed by atoms with E-state index < -0.39 is 30.4 Å². The Morgan fingerprint density at radius 2 is 1.76 bits per heavy atom. The van der Waals surface area contributed by atoms with Crippen LogP contribution in [-0.4, -0.2) is 25.4 Å². The van der Waals surface area contributed by atoms with Gasteiger partial charge in [0.05, 0.1) is 23.8 Å². The first-order valence-electron chi connectivity index (χ1n) is 10.3. The van der Waals surface area contributed by atoms with Crippen molar-refractivity contribution in [1.82, 2.24) is 0 Å². The first-order chi connectivity index (χ1) is 15.3. The number of benzene rings is 2. The van der Waals surface area contributed by atoms with Crippen LogP contribution in [0.25, 0.3) is 11.1 Å². The summed E-state index contributed by atoms with van der Waals surface area (Å²) in [5, 5.41) is 0. The lowest BCUT2D eigenvalue weighted by atomic mass is 9.95. The van der Waals surface area contributed by atoms with Gasteiger partial charge in [0.2, 0.25) is 0 Å². The van der Waals surface area contributed by atoms with E-state index in [-0.39, 0.29) is 41.4 Å². The molecule has 2 aromatic rings. The minimum atomic E-state index is -4.60. The van der Waals surface area contributed by atoms with Crippen molar-refractivity contribution in [3.8, 4) is 16.9 Å². The van der Waals surface area contributed by atoms with Gasteiger partial charge >= 0.3 is 18.3 Å². The number of rotatable bonds is 7. The molecule has 0 spiro atoms. The third-order valence-electron chi connectivity index (χ3n) is 5.65. The van der Waals surface area contributed by atoms with E-state index in [2.05, 4.69) is 0 Å². The van der Waals surface area contributed by atoms with Crippen molar-refractivity contribution in [3.63, 3.8) is 0 Å². The van der Waals surface area contributed by atoms with Crippen LogP contribution >= 0.6 is 0 Å². The summed E-state index contributed by atoms with van der Waals surface area (Å²) in [5.41, 5.74) is 6.23. The van der Waals surface area contributed by atoms with Crippen molar-refractivity contribution < 1.29 is 40.6 Å². The van der Waals surface area contributed by atoms with E-state index in [1.807, 2.05) is 0 Å². The summed E-state index contributed by atoms with van der Waals surface area (Å²) in [7, 11) is 0. The number of anilines is 1. The fraction of sp³-hybridized carbons (Fsp3) is 0.435. The molecule has 33 heavy (non-hydrogen) atoms. The molecule has 0 aliphatic heterocycles. The van der Waals surface area contributed by atoms with Crippen LogP contribution in [0.15, 0.2) is 36.4 Å². The molecular formula is C23H23F6NO3. The Hall–Kier alpha value is -2.91. The number of hydrogen-bond donors (Lipinski definition) is 1. The normalized spacial score (nSPS) is 19.2. The molecule has 2 N–H and O–H groups in total. The Balaban J connectivity index is 1.96. The number of nitrogen functional groups attached to an aromatic ring is 1. The van der Waals surface area contributed by atoms with Gasteiger partial charge in [-0.25, -0.2) is 0 Å². The topological polar surface area (TPSA) is 61.5 Å². The van der Waals surface area contributed by atoms with Crippen molar-refractivity contribution in [2.75, 3.05) is 18.9 Å². The summed E-state index contributed by atoms with van der Waals surface area (Å²) in [5.74, 6) is -1.22. The largest absolute Gasteiger partial charge is 0.482 e. The molecule has 180 valence electrons. The Morgan fingerprint density at radius 1 is 1.12 bits per heavy atom. The van der Waals surface area contributed by atoms with Crippen LogP contribution in [0.5, 0.6) is 5.75 Å². The molecule has 3 atom stereocenters. The molecule has 0 aromatic heterocycles. The highest BCUT2D eigenvalue weighted by Gasteiger charge is 2.45. The minimum absolute atomic E-state index is 0.0800. The second-order valence-electron chi connectivity index (χ2n) is 8.01. The Labute approximate surface area is 186 Å². The molecule has 10 heteroatoms. The first kappa shape index (κ1) is 24.7. The number of carbonyl (C=O) groups excluding carboxylic acids is 1. The van der Waals surface area contributed by atoms with E-state index in [0.717, 1.165) is 12.1 Å². The maximum absolute atomic E-state index is 12.9. The molecule has 0 amide bonds. The molecule has 2 aromatic carbocycles. The maximum Gasteiger partial charge on any atom is 0.422 e. The number of carbonyl (C=O) groups is 1. The highest BCUT2D eigenvalue weighted by atomic mass is 19.4. The standard InChI is InChI=1S/C23H23F6NO3/c1-3-32-21(31)12(2)16-10-17(16)14-8-18(13-4-6-15(7-5-13)23(27,28)29)20(30)19(9-14)33-11-22(24,25)26/h4-9,12,16-17H,3,10-11,30H2,1-2H3. The third kappa shape index (κ3) is 5.91. The van der Waals surface area contributed by atoms with Gasteiger partial charge in [-0.3, -0.25) is 4.79 Å². The Morgan fingerprint density at radius 3 is 2.30 bits per heavy atom. The van der Waals surface area contributed by atoms with E-state index in [1.165, 1.54) is 18.2 Å². The molecule has 1 aliphatic rings. The van der Waals surface area contributed by atoms with Gasteiger partial charge < -0.3 is 15.2 Å². The van der Waals surface area contributed by atoms with Crippen LogP contribution in [0.4, 0.5) is 32.0 Å². The number of alkyl halides is 6. The second-order valence-corrected chi connectivity index (χ2v) is 8.01. The predicted molar refractivity (Wildman–Crippen MR) is 109 cm³/mol. The highest BCUT2D eigenvalue weighted by Crippen LogP contribution is 2.54. The zero-order chi connectivity index (χ0) is 24.6. The smallest absolute Gasteiger partial charge is 0.422 e. The molecule has 4 nitrogen and oxygen atoms in total. The summed E-state index contributed by atoms with van der Waals surface area (Å²) in [6.07, 6.45) is -8.52. The molecule has 0 bridgehead atoms. The fourth-order valence-corrected chi connectivity index (χ4v) is 3.82. The van der Waals surface area contributed by atoms with Crippen LogP contribution in [-0.2, 0) is 15.7 Å². The zero-order valence-corrected chi connectivity index (χ0v) is 17.9. The second kappa shape index (κ2) is 9.15. The average molecular weight is 475 g/mol. The van der Waals surface area contributed by atoms with Gasteiger partial charge in [0.25, 0.3) is 0 Å². The van der Waals surface area contributed by atoms with Gasteiger partial charge in [0.1, 0.15) is 5.75 Å². The van der Waals surface area contributed by atoms with Crippen LogP contribution in [0.2, 0.25) is 0 Å². The van der Waals surface area contributed by atoms with Gasteiger partial charge in [-0.05, 0) is 60.6 Å². The maximum atomic E-state index is 12.9.